The standard InChI is InChI=1S/C11H9ClN4O4S/c12-10-5-13-6-11(14-10)15-21(19,20)7-8-3-1-2-4-9(8)16(17)18/h1-6H,7H2,(H,14,15). The summed E-state index contributed by atoms with van der Waals surface area (Å²) in [4.78, 5) is 17.7. The smallest absolute Gasteiger partial charge is 0.266 e. The number of aromatic nitrogens is 2. The largest absolute Gasteiger partial charge is 0.273 e. The molecule has 0 unspecified atom stereocenters. The van der Waals surface area contributed by atoms with Gasteiger partial charge in [-0.3, -0.25) is 19.8 Å². The number of sulfonamides is 1. The van der Waals surface area contributed by atoms with Crippen LogP contribution in [0.3, 0.4) is 0 Å². The predicted octanol–water partition coefficient (Wildman–Crippen LogP) is 1.98. The van der Waals surface area contributed by atoms with Crippen LogP contribution in [0.2, 0.25) is 5.15 Å². The van der Waals surface area contributed by atoms with Crippen molar-refractivity contribution in [3.8, 4) is 0 Å². The predicted molar refractivity (Wildman–Crippen MR) is 76.4 cm³/mol. The Morgan fingerprint density at radius 1 is 1.29 bits per heavy atom. The molecule has 0 aliphatic heterocycles. The zero-order valence-corrected chi connectivity index (χ0v) is 12.0. The second-order valence-corrected chi connectivity index (χ2v) is 6.08. The van der Waals surface area contributed by atoms with Crippen molar-refractivity contribution in [1.29, 1.82) is 0 Å². The van der Waals surface area contributed by atoms with Gasteiger partial charge in [-0.25, -0.2) is 13.4 Å². The van der Waals surface area contributed by atoms with E-state index in [0.717, 1.165) is 0 Å². The van der Waals surface area contributed by atoms with Gasteiger partial charge in [-0.05, 0) is 0 Å². The molecule has 1 N–H and O–H groups in total. The van der Waals surface area contributed by atoms with Crippen LogP contribution in [-0.2, 0) is 15.8 Å². The van der Waals surface area contributed by atoms with E-state index in [-0.39, 0.29) is 22.2 Å². The maximum Gasteiger partial charge on any atom is 0.273 e. The number of para-hydroxylation sites is 1. The van der Waals surface area contributed by atoms with Gasteiger partial charge in [-0.15, -0.1) is 0 Å². The van der Waals surface area contributed by atoms with Crippen LogP contribution in [-0.4, -0.2) is 23.3 Å². The molecule has 0 saturated heterocycles. The molecule has 0 atom stereocenters. The molecule has 0 fully saturated rings. The fraction of sp³-hybridized carbons (Fsp3) is 0.0909. The van der Waals surface area contributed by atoms with Crippen molar-refractivity contribution in [3.05, 3.63) is 57.5 Å². The fourth-order valence-corrected chi connectivity index (χ4v) is 2.89. The van der Waals surface area contributed by atoms with Gasteiger partial charge in [0.15, 0.2) is 5.82 Å². The number of anilines is 1. The molecule has 2 aromatic rings. The number of halogens is 1. The Morgan fingerprint density at radius 2 is 2.00 bits per heavy atom. The van der Waals surface area contributed by atoms with E-state index in [4.69, 9.17) is 11.6 Å². The summed E-state index contributed by atoms with van der Waals surface area (Å²) in [6, 6.07) is 5.60. The van der Waals surface area contributed by atoms with Gasteiger partial charge in [0.1, 0.15) is 10.9 Å². The summed E-state index contributed by atoms with van der Waals surface area (Å²) in [7, 11) is -3.88. The van der Waals surface area contributed by atoms with Gasteiger partial charge in [-0.2, -0.15) is 0 Å². The molecule has 1 heterocycles. The van der Waals surface area contributed by atoms with E-state index in [2.05, 4.69) is 14.7 Å². The highest BCUT2D eigenvalue weighted by molar-refractivity contribution is 7.91. The van der Waals surface area contributed by atoms with Crippen molar-refractivity contribution in [2.45, 2.75) is 5.75 Å². The molecule has 8 nitrogen and oxygen atoms in total. The summed E-state index contributed by atoms with van der Waals surface area (Å²) in [5.74, 6) is -0.612. The normalized spacial score (nSPS) is 11.1. The number of benzene rings is 1. The Bertz CT molecular complexity index is 781. The van der Waals surface area contributed by atoms with Crippen molar-refractivity contribution in [3.63, 3.8) is 0 Å². The highest BCUT2D eigenvalue weighted by Crippen LogP contribution is 2.21. The van der Waals surface area contributed by atoms with Gasteiger partial charge in [0.05, 0.1) is 17.3 Å². The van der Waals surface area contributed by atoms with Gasteiger partial charge < -0.3 is 0 Å². The van der Waals surface area contributed by atoms with E-state index in [1.54, 1.807) is 0 Å². The third-order valence-corrected chi connectivity index (χ3v) is 3.79. The lowest BCUT2D eigenvalue weighted by Crippen LogP contribution is -2.16. The van der Waals surface area contributed by atoms with Gasteiger partial charge in [0.2, 0.25) is 10.0 Å². The van der Waals surface area contributed by atoms with E-state index >= 15 is 0 Å². The first kappa shape index (κ1) is 15.1. The van der Waals surface area contributed by atoms with Crippen molar-refractivity contribution in [1.82, 2.24) is 9.97 Å². The third-order valence-electron chi connectivity index (χ3n) is 2.40. The zero-order chi connectivity index (χ0) is 15.5. The van der Waals surface area contributed by atoms with E-state index in [1.165, 1.54) is 36.7 Å². The Hall–Kier alpha value is -2.26. The van der Waals surface area contributed by atoms with Gasteiger partial charge in [-0.1, -0.05) is 29.8 Å². The van der Waals surface area contributed by atoms with Crippen LogP contribution in [0.25, 0.3) is 0 Å². The number of rotatable bonds is 5. The fourth-order valence-electron chi connectivity index (χ4n) is 1.60. The lowest BCUT2D eigenvalue weighted by atomic mass is 10.2. The molecule has 0 bridgehead atoms. The second kappa shape index (κ2) is 6.02. The number of nitrogens with zero attached hydrogens (tertiary/aromatic N) is 3. The lowest BCUT2D eigenvalue weighted by Gasteiger charge is -2.07. The van der Waals surface area contributed by atoms with Crippen LogP contribution < -0.4 is 4.72 Å². The topological polar surface area (TPSA) is 115 Å². The van der Waals surface area contributed by atoms with Crippen molar-refractivity contribution >= 4 is 33.1 Å². The van der Waals surface area contributed by atoms with Crippen LogP contribution in [0.15, 0.2) is 36.7 Å². The number of nitro groups is 1. The molecule has 10 heteroatoms. The molecular weight excluding hydrogens is 320 g/mol. The molecule has 0 aliphatic carbocycles. The van der Waals surface area contributed by atoms with Gasteiger partial charge in [0.25, 0.3) is 5.69 Å². The molecule has 0 amide bonds. The third kappa shape index (κ3) is 4.10. The molecule has 2 rings (SSSR count). The van der Waals surface area contributed by atoms with Crippen LogP contribution in [0.5, 0.6) is 0 Å². The van der Waals surface area contributed by atoms with Crippen LogP contribution in [0, 0.1) is 10.1 Å². The van der Waals surface area contributed by atoms with Gasteiger partial charge in [0, 0.05) is 11.6 Å². The second-order valence-electron chi connectivity index (χ2n) is 3.97. The van der Waals surface area contributed by atoms with E-state index in [9.17, 15) is 18.5 Å². The molecule has 0 saturated carbocycles. The summed E-state index contributed by atoms with van der Waals surface area (Å²) >= 11 is 5.60. The number of hydrogen-bond acceptors (Lipinski definition) is 6. The van der Waals surface area contributed by atoms with E-state index in [1.807, 2.05) is 0 Å². The highest BCUT2D eigenvalue weighted by Gasteiger charge is 2.20. The Balaban J connectivity index is 2.24. The maximum absolute atomic E-state index is 12.0. The Kier molecular flexibility index (Phi) is 4.34. The minimum Gasteiger partial charge on any atom is -0.266 e. The summed E-state index contributed by atoms with van der Waals surface area (Å²) in [6.07, 6.45) is 2.43. The quantitative estimate of drug-likeness (QED) is 0.662. The Labute approximate surface area is 125 Å². The minimum atomic E-state index is -3.88. The molecular formula is C11H9ClN4O4S. The summed E-state index contributed by atoms with van der Waals surface area (Å²) in [6.45, 7) is 0. The minimum absolute atomic E-state index is 0.0286. The molecule has 0 spiro atoms. The zero-order valence-electron chi connectivity index (χ0n) is 10.4. The van der Waals surface area contributed by atoms with Crippen LogP contribution in [0.4, 0.5) is 11.5 Å². The first-order chi connectivity index (χ1) is 9.87. The first-order valence-electron chi connectivity index (χ1n) is 5.58. The van der Waals surface area contributed by atoms with E-state index < -0.39 is 20.7 Å². The summed E-state index contributed by atoms with van der Waals surface area (Å²) in [5, 5.41) is 10.9. The molecule has 0 radical (unpaired) electrons. The number of hydrogen-bond donors (Lipinski definition) is 1. The number of nitro benzene ring substituents is 1. The Morgan fingerprint density at radius 3 is 2.67 bits per heavy atom. The summed E-state index contributed by atoms with van der Waals surface area (Å²) in [5.41, 5.74) is -0.190. The monoisotopic (exact) mass is 328 g/mol. The lowest BCUT2D eigenvalue weighted by molar-refractivity contribution is -0.385. The van der Waals surface area contributed by atoms with Crippen LogP contribution >= 0.6 is 11.6 Å². The molecule has 1 aromatic carbocycles. The maximum atomic E-state index is 12.0. The van der Waals surface area contributed by atoms with Gasteiger partial charge >= 0.3 is 0 Å². The summed E-state index contributed by atoms with van der Waals surface area (Å²) < 4.78 is 26.2. The van der Waals surface area contributed by atoms with Crippen molar-refractivity contribution in [2.75, 3.05) is 4.72 Å². The van der Waals surface area contributed by atoms with Crippen molar-refractivity contribution < 1.29 is 13.3 Å². The molecule has 1 aromatic heterocycles. The van der Waals surface area contributed by atoms with Crippen LogP contribution in [0.1, 0.15) is 5.56 Å². The average molecular weight is 329 g/mol. The molecule has 21 heavy (non-hydrogen) atoms. The number of nitrogens with one attached hydrogen (secondary N) is 1. The van der Waals surface area contributed by atoms with E-state index in [0.29, 0.717) is 0 Å². The average Bonchev–Trinajstić information content (AvgIpc) is 2.37. The highest BCUT2D eigenvalue weighted by atomic mass is 35.5. The molecule has 110 valence electrons. The first-order valence-corrected chi connectivity index (χ1v) is 7.61. The van der Waals surface area contributed by atoms with Crippen molar-refractivity contribution in [2.24, 2.45) is 0 Å². The molecule has 0 aliphatic rings. The SMILES string of the molecule is O=[N+]([O-])c1ccccc1CS(=O)(=O)Nc1cncc(Cl)n1.